The van der Waals surface area contributed by atoms with Gasteiger partial charge < -0.3 is 10.1 Å². The van der Waals surface area contributed by atoms with Crippen LogP contribution in [0, 0.1) is 5.41 Å². The number of aromatic amines is 1. The van der Waals surface area contributed by atoms with Crippen LogP contribution in [0.4, 0.5) is 0 Å². The van der Waals surface area contributed by atoms with Gasteiger partial charge in [-0.1, -0.05) is 39.0 Å². The van der Waals surface area contributed by atoms with Crippen molar-refractivity contribution >= 4 is 20.9 Å². The van der Waals surface area contributed by atoms with Crippen LogP contribution in [0.15, 0.2) is 53.4 Å². The summed E-state index contributed by atoms with van der Waals surface area (Å²) in [4.78, 5) is 6.13. The van der Waals surface area contributed by atoms with Crippen molar-refractivity contribution in [1.82, 2.24) is 14.2 Å². The van der Waals surface area contributed by atoms with Crippen molar-refractivity contribution in [2.75, 3.05) is 26.7 Å². The topological polar surface area (TPSA) is 76.6 Å². The molecule has 0 amide bonds. The third-order valence-electron chi connectivity index (χ3n) is 6.33. The SMILES string of the molecule is CN(CC(C)(C)C)S(=O)(=O)c1cccc(-c2ccc3[nH]c(CN4CCC[C@@H]4CO)cc3c2)c1. The maximum absolute atomic E-state index is 13.1. The van der Waals surface area contributed by atoms with Crippen LogP contribution in [0.25, 0.3) is 22.0 Å². The number of nitrogens with zero attached hydrogens (tertiary/aromatic N) is 2. The molecular formula is C26H35N3O3S. The van der Waals surface area contributed by atoms with E-state index >= 15 is 0 Å². The van der Waals surface area contributed by atoms with Gasteiger partial charge in [0, 0.05) is 42.8 Å². The van der Waals surface area contributed by atoms with Crippen LogP contribution in [-0.4, -0.2) is 60.5 Å². The number of aromatic nitrogens is 1. The molecule has 0 radical (unpaired) electrons. The molecular weight excluding hydrogens is 434 g/mol. The van der Waals surface area contributed by atoms with Gasteiger partial charge in [0.05, 0.1) is 11.5 Å². The summed E-state index contributed by atoms with van der Waals surface area (Å²) in [5, 5.41) is 10.7. The fraction of sp³-hybridized carbons (Fsp3) is 0.462. The first-order chi connectivity index (χ1) is 15.6. The Bertz CT molecular complexity index is 1230. The zero-order valence-electron chi connectivity index (χ0n) is 20.0. The number of likely N-dealkylation sites (tertiary alicyclic amines) is 1. The highest BCUT2D eigenvalue weighted by Gasteiger charge is 2.26. The van der Waals surface area contributed by atoms with E-state index in [9.17, 15) is 13.5 Å². The number of H-pyrrole nitrogens is 1. The lowest BCUT2D eigenvalue weighted by Crippen LogP contribution is -2.34. The minimum Gasteiger partial charge on any atom is -0.395 e. The predicted molar refractivity (Wildman–Crippen MR) is 134 cm³/mol. The molecule has 1 aromatic heterocycles. The number of benzene rings is 2. The maximum Gasteiger partial charge on any atom is 0.242 e. The maximum atomic E-state index is 13.1. The number of sulfonamides is 1. The summed E-state index contributed by atoms with van der Waals surface area (Å²) >= 11 is 0. The molecule has 0 saturated carbocycles. The number of hydrogen-bond acceptors (Lipinski definition) is 4. The molecule has 1 atom stereocenters. The van der Waals surface area contributed by atoms with Crippen molar-refractivity contribution in [3.8, 4) is 11.1 Å². The fourth-order valence-corrected chi connectivity index (χ4v) is 6.20. The van der Waals surface area contributed by atoms with Gasteiger partial charge in [-0.3, -0.25) is 4.90 Å². The summed E-state index contributed by atoms with van der Waals surface area (Å²) in [6.45, 7) is 8.55. The molecule has 1 aliphatic heterocycles. The molecule has 2 N–H and O–H groups in total. The fourth-order valence-electron chi connectivity index (χ4n) is 4.76. The van der Waals surface area contributed by atoms with E-state index < -0.39 is 10.0 Å². The van der Waals surface area contributed by atoms with Crippen molar-refractivity contribution in [2.24, 2.45) is 5.41 Å². The van der Waals surface area contributed by atoms with Crippen LogP contribution in [0.3, 0.4) is 0 Å². The highest BCUT2D eigenvalue weighted by atomic mass is 32.2. The first-order valence-corrected chi connectivity index (χ1v) is 13.0. The lowest BCUT2D eigenvalue weighted by Gasteiger charge is -2.26. The molecule has 1 saturated heterocycles. The second-order valence-corrected chi connectivity index (χ2v) is 12.4. The van der Waals surface area contributed by atoms with Crippen molar-refractivity contribution in [3.05, 3.63) is 54.2 Å². The minimum atomic E-state index is -3.56. The van der Waals surface area contributed by atoms with Gasteiger partial charge in [0.1, 0.15) is 0 Å². The Morgan fingerprint density at radius 3 is 2.61 bits per heavy atom. The zero-order valence-corrected chi connectivity index (χ0v) is 20.8. The quantitative estimate of drug-likeness (QED) is 0.536. The molecule has 0 unspecified atom stereocenters. The molecule has 178 valence electrons. The van der Waals surface area contributed by atoms with Gasteiger partial charge in [-0.25, -0.2) is 12.7 Å². The third kappa shape index (κ3) is 5.32. The average molecular weight is 470 g/mol. The second kappa shape index (κ2) is 9.22. The molecule has 2 aromatic carbocycles. The summed E-state index contributed by atoms with van der Waals surface area (Å²) in [5.41, 5.74) is 3.93. The number of aliphatic hydroxyl groups is 1. The molecule has 6 nitrogen and oxygen atoms in total. The summed E-state index contributed by atoms with van der Waals surface area (Å²) in [7, 11) is -1.92. The van der Waals surface area contributed by atoms with Crippen LogP contribution in [0.2, 0.25) is 0 Å². The lowest BCUT2D eigenvalue weighted by molar-refractivity contribution is 0.152. The van der Waals surface area contributed by atoms with E-state index in [2.05, 4.69) is 28.1 Å². The number of fused-ring (bicyclic) bond motifs is 1. The van der Waals surface area contributed by atoms with Crippen LogP contribution in [0.1, 0.15) is 39.3 Å². The summed E-state index contributed by atoms with van der Waals surface area (Å²) in [5.74, 6) is 0. The Morgan fingerprint density at radius 2 is 1.88 bits per heavy atom. The Hall–Kier alpha value is -2.19. The van der Waals surface area contributed by atoms with Gasteiger partial charge in [-0.15, -0.1) is 0 Å². The average Bonchev–Trinajstić information content (AvgIpc) is 3.38. The largest absolute Gasteiger partial charge is 0.395 e. The van der Waals surface area contributed by atoms with Crippen molar-refractivity contribution in [3.63, 3.8) is 0 Å². The van der Waals surface area contributed by atoms with Gasteiger partial charge in [0.15, 0.2) is 0 Å². The van der Waals surface area contributed by atoms with Gasteiger partial charge in [0.25, 0.3) is 0 Å². The van der Waals surface area contributed by atoms with Crippen LogP contribution in [-0.2, 0) is 16.6 Å². The molecule has 3 aromatic rings. The monoisotopic (exact) mass is 469 g/mol. The van der Waals surface area contributed by atoms with E-state index in [-0.39, 0.29) is 18.1 Å². The van der Waals surface area contributed by atoms with Crippen molar-refractivity contribution in [2.45, 2.75) is 51.1 Å². The van der Waals surface area contributed by atoms with Gasteiger partial charge in [-0.05, 0) is 66.3 Å². The normalized spacial score (nSPS) is 17.9. The second-order valence-electron chi connectivity index (χ2n) is 10.4. The highest BCUT2D eigenvalue weighted by Crippen LogP contribution is 2.29. The molecule has 7 heteroatoms. The Balaban J connectivity index is 1.59. The van der Waals surface area contributed by atoms with E-state index in [4.69, 9.17) is 0 Å². The Kier molecular flexibility index (Phi) is 6.69. The third-order valence-corrected chi connectivity index (χ3v) is 8.13. The summed E-state index contributed by atoms with van der Waals surface area (Å²) in [6, 6.07) is 15.8. The summed E-state index contributed by atoms with van der Waals surface area (Å²) < 4.78 is 27.7. The zero-order chi connectivity index (χ0) is 23.8. The Morgan fingerprint density at radius 1 is 1.12 bits per heavy atom. The molecule has 2 heterocycles. The lowest BCUT2D eigenvalue weighted by atomic mass is 9.97. The van der Waals surface area contributed by atoms with Crippen LogP contribution >= 0.6 is 0 Å². The van der Waals surface area contributed by atoms with E-state index in [1.165, 1.54) is 4.31 Å². The van der Waals surface area contributed by atoms with E-state index in [1.54, 1.807) is 19.2 Å². The van der Waals surface area contributed by atoms with Gasteiger partial charge >= 0.3 is 0 Å². The van der Waals surface area contributed by atoms with Crippen molar-refractivity contribution < 1.29 is 13.5 Å². The summed E-state index contributed by atoms with van der Waals surface area (Å²) in [6.07, 6.45) is 2.17. The number of nitrogens with one attached hydrogen (secondary N) is 1. The molecule has 0 bridgehead atoms. The number of hydrogen-bond donors (Lipinski definition) is 2. The van der Waals surface area contributed by atoms with Crippen LogP contribution < -0.4 is 0 Å². The van der Waals surface area contributed by atoms with Gasteiger partial charge in [-0.2, -0.15) is 0 Å². The molecule has 33 heavy (non-hydrogen) atoms. The minimum absolute atomic E-state index is 0.122. The number of aliphatic hydroxyl groups excluding tert-OH is 1. The molecule has 0 aliphatic carbocycles. The standard InChI is InChI=1S/C26H35N3O3S/c1-26(2,3)18-28(4)33(31,32)24-9-5-7-19(15-24)20-10-11-25-21(13-20)14-22(27-25)16-29-12-6-8-23(29)17-30/h5,7,9-11,13-15,23,27,30H,6,8,12,16-18H2,1-4H3/t23-/m1/s1. The Labute approximate surface area is 197 Å². The van der Waals surface area contributed by atoms with E-state index in [1.807, 2.05) is 39.0 Å². The van der Waals surface area contributed by atoms with Crippen molar-refractivity contribution in [1.29, 1.82) is 0 Å². The highest BCUT2D eigenvalue weighted by molar-refractivity contribution is 7.89. The molecule has 1 aliphatic rings. The molecule has 4 rings (SSSR count). The van der Waals surface area contributed by atoms with Crippen LogP contribution in [0.5, 0.6) is 0 Å². The first kappa shape index (κ1) is 24.0. The molecule has 0 spiro atoms. The predicted octanol–water partition coefficient (Wildman–Crippen LogP) is 4.46. The van der Waals surface area contributed by atoms with Gasteiger partial charge in [0.2, 0.25) is 10.0 Å². The van der Waals surface area contributed by atoms with E-state index in [0.717, 1.165) is 53.7 Å². The first-order valence-electron chi connectivity index (χ1n) is 11.6. The number of rotatable bonds is 7. The smallest absolute Gasteiger partial charge is 0.242 e. The molecule has 1 fully saturated rings. The van der Waals surface area contributed by atoms with E-state index in [0.29, 0.717) is 11.4 Å².